The molecule has 1 nitrogen and oxygen atoms in total. The molecule has 0 aromatic rings. The van der Waals surface area contributed by atoms with E-state index in [9.17, 15) is 0 Å². The third kappa shape index (κ3) is 5.37. The van der Waals surface area contributed by atoms with Crippen LogP contribution in [-0.4, -0.2) is 0 Å². The standard InChI is InChI=1S/C9H15N/c1-8(2)5-4-6-9(3)7-10/h5,9H,4,6H2,1-3H3/t9-/m1/s1. The smallest absolute Gasteiger partial charge is 0.0652 e. The zero-order valence-corrected chi connectivity index (χ0v) is 7.02. The van der Waals surface area contributed by atoms with E-state index in [2.05, 4.69) is 26.0 Å². The Balaban J connectivity index is 3.39. The van der Waals surface area contributed by atoms with E-state index in [1.165, 1.54) is 5.57 Å². The Bertz CT molecular complexity index is 147. The molecule has 0 aliphatic heterocycles. The first-order valence-electron chi connectivity index (χ1n) is 3.69. The predicted octanol–water partition coefficient (Wildman–Crippen LogP) is 2.89. The van der Waals surface area contributed by atoms with Crippen LogP contribution in [0.5, 0.6) is 0 Å². The lowest BCUT2D eigenvalue weighted by Crippen LogP contribution is -1.87. The molecule has 0 aromatic carbocycles. The van der Waals surface area contributed by atoms with Crippen LogP contribution in [0, 0.1) is 17.2 Å². The van der Waals surface area contributed by atoms with Gasteiger partial charge in [-0.25, -0.2) is 0 Å². The number of nitriles is 1. The SMILES string of the molecule is CC(C)=CCC[C@@H](C)C#N. The van der Waals surface area contributed by atoms with Crippen molar-refractivity contribution in [3.8, 4) is 6.07 Å². The van der Waals surface area contributed by atoms with E-state index < -0.39 is 0 Å². The van der Waals surface area contributed by atoms with Crippen molar-refractivity contribution in [2.45, 2.75) is 33.6 Å². The molecule has 0 N–H and O–H groups in total. The van der Waals surface area contributed by atoms with Crippen molar-refractivity contribution in [1.29, 1.82) is 5.26 Å². The summed E-state index contributed by atoms with van der Waals surface area (Å²) in [4.78, 5) is 0. The Labute approximate surface area is 63.4 Å². The van der Waals surface area contributed by atoms with Crippen LogP contribution in [0.1, 0.15) is 33.6 Å². The van der Waals surface area contributed by atoms with Crippen molar-refractivity contribution in [2.75, 3.05) is 0 Å². The van der Waals surface area contributed by atoms with Crippen LogP contribution >= 0.6 is 0 Å². The van der Waals surface area contributed by atoms with Crippen molar-refractivity contribution in [3.05, 3.63) is 11.6 Å². The molecule has 0 fully saturated rings. The molecule has 0 radical (unpaired) electrons. The average molecular weight is 137 g/mol. The Morgan fingerprint density at radius 3 is 2.60 bits per heavy atom. The van der Waals surface area contributed by atoms with Crippen LogP contribution in [-0.2, 0) is 0 Å². The summed E-state index contributed by atoms with van der Waals surface area (Å²) in [6, 6.07) is 2.21. The molecule has 0 unspecified atom stereocenters. The van der Waals surface area contributed by atoms with E-state index in [1.54, 1.807) is 0 Å². The van der Waals surface area contributed by atoms with Crippen molar-refractivity contribution in [2.24, 2.45) is 5.92 Å². The van der Waals surface area contributed by atoms with E-state index in [-0.39, 0.29) is 5.92 Å². The van der Waals surface area contributed by atoms with Gasteiger partial charge in [0.05, 0.1) is 6.07 Å². The summed E-state index contributed by atoms with van der Waals surface area (Å²) < 4.78 is 0. The minimum atomic E-state index is 0.204. The molecule has 0 bridgehead atoms. The van der Waals surface area contributed by atoms with Gasteiger partial charge in [0.25, 0.3) is 0 Å². The minimum absolute atomic E-state index is 0.204. The van der Waals surface area contributed by atoms with Gasteiger partial charge in [0.15, 0.2) is 0 Å². The quantitative estimate of drug-likeness (QED) is 0.549. The molecule has 0 aliphatic carbocycles. The van der Waals surface area contributed by atoms with Gasteiger partial charge in [0.2, 0.25) is 0 Å². The highest BCUT2D eigenvalue weighted by molar-refractivity contribution is 4.93. The highest BCUT2D eigenvalue weighted by Gasteiger charge is 1.95. The molecule has 10 heavy (non-hydrogen) atoms. The van der Waals surface area contributed by atoms with E-state index >= 15 is 0 Å². The first kappa shape index (κ1) is 9.23. The number of nitrogens with zero attached hydrogens (tertiary/aromatic N) is 1. The van der Waals surface area contributed by atoms with Gasteiger partial charge in [-0.15, -0.1) is 0 Å². The van der Waals surface area contributed by atoms with Gasteiger partial charge >= 0.3 is 0 Å². The summed E-state index contributed by atoms with van der Waals surface area (Å²) in [6.07, 6.45) is 4.20. The van der Waals surface area contributed by atoms with Crippen molar-refractivity contribution in [3.63, 3.8) is 0 Å². The number of rotatable bonds is 3. The molecule has 56 valence electrons. The molecule has 0 rings (SSSR count). The molecular formula is C9H15N. The predicted molar refractivity (Wildman–Crippen MR) is 43.4 cm³/mol. The van der Waals surface area contributed by atoms with Gasteiger partial charge in [-0.2, -0.15) is 5.26 Å². The molecular weight excluding hydrogens is 122 g/mol. The van der Waals surface area contributed by atoms with Crippen molar-refractivity contribution in [1.82, 2.24) is 0 Å². The fourth-order valence-electron chi connectivity index (χ4n) is 0.687. The Morgan fingerprint density at radius 1 is 1.60 bits per heavy atom. The second-order valence-electron chi connectivity index (χ2n) is 2.89. The van der Waals surface area contributed by atoms with Crippen LogP contribution in [0.2, 0.25) is 0 Å². The first-order valence-corrected chi connectivity index (χ1v) is 3.69. The van der Waals surface area contributed by atoms with Gasteiger partial charge in [0.1, 0.15) is 0 Å². The number of hydrogen-bond acceptors (Lipinski definition) is 1. The second-order valence-corrected chi connectivity index (χ2v) is 2.89. The third-order valence-corrected chi connectivity index (χ3v) is 1.37. The fraction of sp³-hybridized carbons (Fsp3) is 0.667. The van der Waals surface area contributed by atoms with Crippen LogP contribution in [0.25, 0.3) is 0 Å². The van der Waals surface area contributed by atoms with Crippen LogP contribution in [0.4, 0.5) is 0 Å². The van der Waals surface area contributed by atoms with Crippen molar-refractivity contribution >= 4 is 0 Å². The average Bonchev–Trinajstić information content (AvgIpc) is 1.87. The normalized spacial score (nSPS) is 11.8. The number of allylic oxidation sites excluding steroid dienone is 2. The molecule has 0 spiro atoms. The van der Waals surface area contributed by atoms with Gasteiger partial charge in [0, 0.05) is 5.92 Å². The van der Waals surface area contributed by atoms with E-state index in [0.29, 0.717) is 0 Å². The van der Waals surface area contributed by atoms with Crippen LogP contribution in [0.3, 0.4) is 0 Å². The van der Waals surface area contributed by atoms with Gasteiger partial charge in [-0.1, -0.05) is 11.6 Å². The third-order valence-electron chi connectivity index (χ3n) is 1.37. The Hall–Kier alpha value is -0.770. The molecule has 0 heterocycles. The van der Waals surface area contributed by atoms with Gasteiger partial charge < -0.3 is 0 Å². The molecule has 0 saturated carbocycles. The second kappa shape index (κ2) is 5.05. The summed E-state index contributed by atoms with van der Waals surface area (Å²) in [7, 11) is 0. The minimum Gasteiger partial charge on any atom is -0.198 e. The zero-order chi connectivity index (χ0) is 7.98. The summed E-state index contributed by atoms with van der Waals surface area (Å²) in [5.41, 5.74) is 1.34. The molecule has 0 saturated heterocycles. The van der Waals surface area contributed by atoms with E-state index in [0.717, 1.165) is 12.8 Å². The Kier molecular flexibility index (Phi) is 4.66. The monoisotopic (exact) mass is 137 g/mol. The van der Waals surface area contributed by atoms with Gasteiger partial charge in [-0.05, 0) is 33.6 Å². The highest BCUT2D eigenvalue weighted by Crippen LogP contribution is 2.05. The lowest BCUT2D eigenvalue weighted by Gasteiger charge is -1.96. The molecule has 0 amide bonds. The highest BCUT2D eigenvalue weighted by atomic mass is 14.2. The summed E-state index contributed by atoms with van der Waals surface area (Å²) in [5.74, 6) is 0.204. The maximum atomic E-state index is 8.43. The summed E-state index contributed by atoms with van der Waals surface area (Å²) in [5, 5.41) is 8.43. The molecule has 0 aliphatic rings. The van der Waals surface area contributed by atoms with E-state index in [1.807, 2.05) is 6.92 Å². The largest absolute Gasteiger partial charge is 0.198 e. The molecule has 0 aromatic heterocycles. The number of hydrogen-bond donors (Lipinski definition) is 0. The topological polar surface area (TPSA) is 23.8 Å². The van der Waals surface area contributed by atoms with E-state index in [4.69, 9.17) is 5.26 Å². The fourth-order valence-corrected chi connectivity index (χ4v) is 0.687. The van der Waals surface area contributed by atoms with Gasteiger partial charge in [-0.3, -0.25) is 0 Å². The van der Waals surface area contributed by atoms with Crippen LogP contribution < -0.4 is 0 Å². The lowest BCUT2D eigenvalue weighted by atomic mass is 10.1. The Morgan fingerprint density at radius 2 is 2.20 bits per heavy atom. The zero-order valence-electron chi connectivity index (χ0n) is 7.02. The maximum Gasteiger partial charge on any atom is 0.0652 e. The van der Waals surface area contributed by atoms with Crippen LogP contribution in [0.15, 0.2) is 11.6 Å². The molecule has 1 heteroatoms. The van der Waals surface area contributed by atoms with Crippen molar-refractivity contribution < 1.29 is 0 Å². The summed E-state index contributed by atoms with van der Waals surface area (Å²) >= 11 is 0. The first-order chi connectivity index (χ1) is 4.66. The molecule has 1 atom stereocenters. The summed E-state index contributed by atoms with van der Waals surface area (Å²) in [6.45, 7) is 6.12. The maximum absolute atomic E-state index is 8.43. The lowest BCUT2D eigenvalue weighted by molar-refractivity contribution is 0.669.